The highest BCUT2D eigenvalue weighted by Gasteiger charge is 2.34. The summed E-state index contributed by atoms with van der Waals surface area (Å²) in [6.07, 6.45) is 0.593. The highest BCUT2D eigenvalue weighted by Crippen LogP contribution is 2.40. The van der Waals surface area contributed by atoms with Crippen molar-refractivity contribution in [3.8, 4) is 11.5 Å². The number of carbonyl (C=O) groups is 2. The van der Waals surface area contributed by atoms with E-state index in [2.05, 4.69) is 5.32 Å². The van der Waals surface area contributed by atoms with Crippen molar-refractivity contribution in [1.29, 1.82) is 0 Å². The van der Waals surface area contributed by atoms with Gasteiger partial charge in [-0.2, -0.15) is 0 Å². The molecule has 2 aromatic carbocycles. The molecule has 1 aliphatic rings. The molecular weight excluding hydrogens is 403 g/mol. The molecule has 1 heterocycles. The Bertz CT molecular complexity index is 932. The quantitative estimate of drug-likeness (QED) is 0.662. The monoisotopic (exact) mass is 430 g/mol. The summed E-state index contributed by atoms with van der Waals surface area (Å²) in [5.74, 6) is 0.397. The Labute approximate surface area is 181 Å². The molecule has 0 aliphatic carbocycles. The third kappa shape index (κ3) is 5.25. The molecule has 31 heavy (non-hydrogen) atoms. The van der Waals surface area contributed by atoms with E-state index in [9.17, 15) is 14.0 Å². The number of nitrogens with zero attached hydrogens (tertiary/aromatic N) is 1. The molecule has 0 bridgehead atoms. The van der Waals surface area contributed by atoms with Crippen molar-refractivity contribution in [1.82, 2.24) is 4.90 Å². The smallest absolute Gasteiger partial charge is 0.322 e. The Balaban J connectivity index is 1.94. The topological polar surface area (TPSA) is 77.1 Å². The lowest BCUT2D eigenvalue weighted by atomic mass is 9.90. The number of amides is 2. The van der Waals surface area contributed by atoms with Crippen molar-refractivity contribution in [2.75, 3.05) is 32.2 Å². The van der Waals surface area contributed by atoms with Crippen molar-refractivity contribution in [2.24, 2.45) is 0 Å². The fourth-order valence-corrected chi connectivity index (χ4v) is 3.68. The molecule has 0 aromatic heterocycles. The van der Waals surface area contributed by atoms with Crippen LogP contribution in [0.3, 0.4) is 0 Å². The maximum Gasteiger partial charge on any atom is 0.322 e. The van der Waals surface area contributed by atoms with Crippen molar-refractivity contribution in [3.63, 3.8) is 0 Å². The van der Waals surface area contributed by atoms with Crippen LogP contribution in [0.25, 0.3) is 0 Å². The van der Waals surface area contributed by atoms with Crippen LogP contribution in [0.2, 0.25) is 0 Å². The number of nitrogens with one attached hydrogen (secondary N) is 1. The molecule has 0 fully saturated rings. The molecule has 1 atom stereocenters. The number of carbonyl (C=O) groups excluding carboxylic acids is 2. The third-order valence-electron chi connectivity index (χ3n) is 5.11. The van der Waals surface area contributed by atoms with Gasteiger partial charge in [0.2, 0.25) is 0 Å². The van der Waals surface area contributed by atoms with Gasteiger partial charge in [0.15, 0.2) is 11.5 Å². The van der Waals surface area contributed by atoms with Gasteiger partial charge in [-0.05, 0) is 67.8 Å². The van der Waals surface area contributed by atoms with Gasteiger partial charge in [-0.1, -0.05) is 0 Å². The Kier molecular flexibility index (Phi) is 7.33. The number of benzene rings is 2. The Morgan fingerprint density at radius 3 is 2.35 bits per heavy atom. The number of hydrogen-bond acceptors (Lipinski definition) is 5. The van der Waals surface area contributed by atoms with Gasteiger partial charge in [0.25, 0.3) is 0 Å². The van der Waals surface area contributed by atoms with E-state index < -0.39 is 12.0 Å². The van der Waals surface area contributed by atoms with Crippen LogP contribution in [0.1, 0.15) is 37.4 Å². The van der Waals surface area contributed by atoms with Crippen LogP contribution in [0.4, 0.5) is 14.9 Å². The van der Waals surface area contributed by atoms with Gasteiger partial charge in [0.1, 0.15) is 5.82 Å². The molecule has 1 aliphatic heterocycles. The highest BCUT2D eigenvalue weighted by atomic mass is 19.1. The van der Waals surface area contributed by atoms with Crippen LogP contribution < -0.4 is 14.8 Å². The standard InChI is InChI=1S/C23H27FN2O5/c1-4-30-20-12-15-10-11-26(23(28)25-17-8-6-16(24)7-9-17)19(14-22(27)29-3)18(15)13-21(20)31-5-2/h6-9,12-13,19H,4-5,10-11,14H2,1-3H3,(H,25,28)/t19-/m1/s1. The lowest BCUT2D eigenvalue weighted by Gasteiger charge is -2.37. The minimum atomic E-state index is -0.536. The minimum Gasteiger partial charge on any atom is -0.490 e. The lowest BCUT2D eigenvalue weighted by Crippen LogP contribution is -2.43. The van der Waals surface area contributed by atoms with Gasteiger partial charge >= 0.3 is 12.0 Å². The largest absolute Gasteiger partial charge is 0.490 e. The van der Waals surface area contributed by atoms with Crippen molar-refractivity contribution < 1.29 is 28.2 Å². The predicted octanol–water partition coefficient (Wildman–Crippen LogP) is 4.32. The lowest BCUT2D eigenvalue weighted by molar-refractivity contribution is -0.141. The number of rotatable bonds is 7. The maximum atomic E-state index is 13.2. The van der Waals surface area contributed by atoms with Crippen LogP contribution >= 0.6 is 0 Å². The van der Waals surface area contributed by atoms with Crippen molar-refractivity contribution >= 4 is 17.7 Å². The van der Waals surface area contributed by atoms with E-state index in [4.69, 9.17) is 14.2 Å². The zero-order valence-corrected chi connectivity index (χ0v) is 17.9. The van der Waals surface area contributed by atoms with Crippen molar-refractivity contribution in [2.45, 2.75) is 32.7 Å². The second kappa shape index (κ2) is 10.1. The first-order valence-electron chi connectivity index (χ1n) is 10.3. The van der Waals surface area contributed by atoms with Crippen LogP contribution in [0.5, 0.6) is 11.5 Å². The summed E-state index contributed by atoms with van der Waals surface area (Å²) in [4.78, 5) is 26.8. The van der Waals surface area contributed by atoms with E-state index in [-0.39, 0.29) is 18.3 Å². The summed E-state index contributed by atoms with van der Waals surface area (Å²) in [5.41, 5.74) is 2.28. The fraction of sp³-hybridized carbons (Fsp3) is 0.391. The van der Waals surface area contributed by atoms with E-state index in [1.54, 1.807) is 4.90 Å². The van der Waals surface area contributed by atoms with Crippen LogP contribution in [0.15, 0.2) is 36.4 Å². The van der Waals surface area contributed by atoms with E-state index in [1.165, 1.54) is 31.4 Å². The molecule has 1 N–H and O–H groups in total. The summed E-state index contributed by atoms with van der Waals surface area (Å²) in [6, 6.07) is 8.37. The Morgan fingerprint density at radius 1 is 1.10 bits per heavy atom. The number of hydrogen-bond donors (Lipinski definition) is 1. The second-order valence-electron chi connectivity index (χ2n) is 7.04. The fourth-order valence-electron chi connectivity index (χ4n) is 3.68. The summed E-state index contributed by atoms with van der Waals surface area (Å²) >= 11 is 0. The average molecular weight is 430 g/mol. The minimum absolute atomic E-state index is 0.000115. The normalized spacial score (nSPS) is 15.1. The number of ether oxygens (including phenoxy) is 3. The summed E-state index contributed by atoms with van der Waals surface area (Å²) in [5, 5.41) is 2.77. The van der Waals surface area contributed by atoms with Crippen molar-refractivity contribution in [3.05, 3.63) is 53.3 Å². The first-order chi connectivity index (χ1) is 15.0. The summed E-state index contributed by atoms with van der Waals surface area (Å²) < 4.78 is 29.5. The first-order valence-corrected chi connectivity index (χ1v) is 10.3. The van der Waals surface area contributed by atoms with Gasteiger partial charge in [0, 0.05) is 12.2 Å². The molecule has 3 rings (SSSR count). The number of halogens is 1. The third-order valence-corrected chi connectivity index (χ3v) is 5.11. The van der Waals surface area contributed by atoms with E-state index >= 15 is 0 Å². The molecule has 0 saturated heterocycles. The number of anilines is 1. The first kappa shape index (κ1) is 22.4. The molecule has 0 saturated carbocycles. The van der Waals surface area contributed by atoms with E-state index in [0.29, 0.717) is 43.4 Å². The second-order valence-corrected chi connectivity index (χ2v) is 7.04. The molecule has 0 radical (unpaired) electrons. The SMILES string of the molecule is CCOc1cc2c(cc1OCC)[C@@H](CC(=O)OC)N(C(=O)Nc1ccc(F)cc1)CC2. The van der Waals surface area contributed by atoms with Crippen LogP contribution in [-0.2, 0) is 16.0 Å². The van der Waals surface area contributed by atoms with Crippen LogP contribution in [0, 0.1) is 5.82 Å². The van der Waals surface area contributed by atoms with E-state index in [0.717, 1.165) is 11.1 Å². The summed E-state index contributed by atoms with van der Waals surface area (Å²) in [6.45, 7) is 5.13. The number of urea groups is 1. The van der Waals surface area contributed by atoms with Crippen LogP contribution in [-0.4, -0.2) is 43.8 Å². The highest BCUT2D eigenvalue weighted by molar-refractivity contribution is 5.90. The molecular formula is C23H27FN2O5. The maximum absolute atomic E-state index is 13.2. The van der Waals surface area contributed by atoms with Gasteiger partial charge in [0.05, 0.1) is 32.8 Å². The molecule has 8 heteroatoms. The van der Waals surface area contributed by atoms with Gasteiger partial charge < -0.3 is 24.4 Å². The molecule has 0 unspecified atom stereocenters. The van der Waals surface area contributed by atoms with Gasteiger partial charge in [-0.25, -0.2) is 9.18 Å². The molecule has 2 aromatic rings. The van der Waals surface area contributed by atoms with Gasteiger partial charge in [-0.3, -0.25) is 4.79 Å². The van der Waals surface area contributed by atoms with Gasteiger partial charge in [-0.15, -0.1) is 0 Å². The zero-order valence-electron chi connectivity index (χ0n) is 17.9. The molecule has 0 spiro atoms. The molecule has 7 nitrogen and oxygen atoms in total. The molecule has 166 valence electrons. The number of fused-ring (bicyclic) bond motifs is 1. The zero-order chi connectivity index (χ0) is 22.4. The Hall–Kier alpha value is -3.29. The molecule has 2 amide bonds. The Morgan fingerprint density at radius 2 is 1.74 bits per heavy atom. The predicted molar refractivity (Wildman–Crippen MR) is 114 cm³/mol. The number of methoxy groups -OCH3 is 1. The average Bonchev–Trinajstić information content (AvgIpc) is 2.76. The van der Waals surface area contributed by atoms with E-state index in [1.807, 2.05) is 26.0 Å². The number of esters is 1. The summed E-state index contributed by atoms with van der Waals surface area (Å²) in [7, 11) is 1.32.